The average molecular weight is 855 g/mol. The molecule has 4 unspecified atom stereocenters. The number of H-pyrrole nitrogens is 4. The lowest BCUT2D eigenvalue weighted by molar-refractivity contribution is -0.136. The summed E-state index contributed by atoms with van der Waals surface area (Å²) in [5, 5.41) is 6.93. The molecule has 4 atom stereocenters. The molecule has 322 valence electrons. The highest BCUT2D eigenvalue weighted by Crippen LogP contribution is 2.36. The molecule has 18 nitrogen and oxygen atoms in total. The van der Waals surface area contributed by atoms with Gasteiger partial charge in [0.25, 0.3) is 0 Å². The molecule has 8 rings (SSSR count). The second kappa shape index (κ2) is 16.2. The zero-order chi connectivity index (χ0) is 43.3. The number of alkyl carbamates (subject to hydrolysis) is 2. The maximum Gasteiger partial charge on any atom is 0.407 e. The summed E-state index contributed by atoms with van der Waals surface area (Å²) in [6.07, 6.45) is 3.31. The molecule has 6 N–H and O–H groups in total. The van der Waals surface area contributed by atoms with Crippen molar-refractivity contribution in [3.8, 4) is 11.4 Å². The number of carbonyl (C=O) groups is 4. The third-order valence-electron chi connectivity index (χ3n) is 11.8. The monoisotopic (exact) mass is 854 g/mol. The first-order valence-electron chi connectivity index (χ1n) is 20.4. The smallest absolute Gasteiger partial charge is 0.407 e. The number of methoxy groups -OCH3 is 2. The first kappa shape index (κ1) is 41.4. The molecular weight excluding hydrogens is 805 g/mol. The molecule has 6 heterocycles. The summed E-state index contributed by atoms with van der Waals surface area (Å²) in [7, 11) is -1.47. The van der Waals surface area contributed by atoms with Crippen molar-refractivity contribution in [2.24, 2.45) is 11.8 Å². The number of rotatable bonds is 11. The number of benzene rings is 2. The van der Waals surface area contributed by atoms with E-state index in [1.807, 2.05) is 45.9 Å². The first-order valence-corrected chi connectivity index (χ1v) is 21.9. The van der Waals surface area contributed by atoms with Crippen LogP contribution in [0.25, 0.3) is 44.2 Å². The standard InChI is InChI=1S/C42H50N10O8S/c1-21(2)35(49-41(55)59-5)39(53)51-13-7-9-32(51)37-43-20-31(48-37)29-16-23-15-24-17-34(45-28(24)19-27(23)44-29)61(57,58)25-11-12-26-30(18-25)47-38(46-26)33-10-8-14-52(33)40(54)36(22(3)4)50-42(56)60-6/h11-12,15-22,32-33,35-36,44-45H,7-10,13-14H2,1-6H3,(H,43,48)(H,46,47)(H,49,55)(H,50,56). The molecule has 2 aliphatic rings. The van der Waals surface area contributed by atoms with Gasteiger partial charge >= 0.3 is 12.2 Å². The summed E-state index contributed by atoms with van der Waals surface area (Å²) in [5.74, 6) is 0.443. The van der Waals surface area contributed by atoms with Gasteiger partial charge in [-0.3, -0.25) is 9.59 Å². The average Bonchev–Trinajstić information content (AvgIpc) is 4.09. The third-order valence-corrected chi connectivity index (χ3v) is 13.5. The number of aromatic amines is 4. The van der Waals surface area contributed by atoms with Gasteiger partial charge < -0.3 is 49.8 Å². The van der Waals surface area contributed by atoms with Gasteiger partial charge in [-0.05, 0) is 80.0 Å². The number of ether oxygens (including phenoxy) is 2. The van der Waals surface area contributed by atoms with Crippen LogP contribution in [0.4, 0.5) is 9.59 Å². The number of likely N-dealkylation sites (tertiary alicyclic amines) is 2. The lowest BCUT2D eigenvalue weighted by Gasteiger charge is -2.30. The van der Waals surface area contributed by atoms with E-state index >= 15 is 0 Å². The first-order chi connectivity index (χ1) is 29.2. The van der Waals surface area contributed by atoms with Gasteiger partial charge in [-0.15, -0.1) is 0 Å². The molecule has 2 fully saturated rings. The molecule has 0 spiro atoms. The Balaban J connectivity index is 1.00. The van der Waals surface area contributed by atoms with E-state index in [2.05, 4.69) is 35.6 Å². The Bertz CT molecular complexity index is 2720. The maximum absolute atomic E-state index is 14.1. The second-order valence-corrected chi connectivity index (χ2v) is 18.3. The fourth-order valence-electron chi connectivity index (χ4n) is 8.51. The van der Waals surface area contributed by atoms with Gasteiger partial charge in [0.15, 0.2) is 0 Å². The van der Waals surface area contributed by atoms with Crippen LogP contribution in [0.2, 0.25) is 0 Å². The minimum absolute atomic E-state index is 0.0372. The summed E-state index contributed by atoms with van der Waals surface area (Å²) in [6.45, 7) is 8.49. The van der Waals surface area contributed by atoms with Crippen molar-refractivity contribution in [1.29, 1.82) is 0 Å². The quantitative estimate of drug-likeness (QED) is 0.0910. The second-order valence-electron chi connectivity index (χ2n) is 16.4. The summed E-state index contributed by atoms with van der Waals surface area (Å²) in [5.41, 5.74) is 3.99. The van der Waals surface area contributed by atoms with Crippen LogP contribution in [0.1, 0.15) is 77.1 Å². The molecule has 61 heavy (non-hydrogen) atoms. The minimum atomic E-state index is -3.99. The fourth-order valence-corrected chi connectivity index (χ4v) is 9.82. The summed E-state index contributed by atoms with van der Waals surface area (Å²) in [4.78, 5) is 77.4. The fraction of sp³-hybridized carbons (Fsp3) is 0.429. The predicted octanol–water partition coefficient (Wildman–Crippen LogP) is 5.84. The Morgan fingerprint density at radius 1 is 0.705 bits per heavy atom. The number of amides is 4. The predicted molar refractivity (Wildman–Crippen MR) is 225 cm³/mol. The van der Waals surface area contributed by atoms with Gasteiger partial charge in [0.05, 0.1) is 59.8 Å². The van der Waals surface area contributed by atoms with Crippen LogP contribution < -0.4 is 10.6 Å². The van der Waals surface area contributed by atoms with Gasteiger partial charge in [0.1, 0.15) is 28.8 Å². The topological polar surface area (TPSA) is 240 Å². The number of carbonyl (C=O) groups excluding carboxylic acids is 4. The van der Waals surface area contributed by atoms with E-state index in [0.29, 0.717) is 53.1 Å². The lowest BCUT2D eigenvalue weighted by atomic mass is 10.0. The largest absolute Gasteiger partial charge is 0.453 e. The van der Waals surface area contributed by atoms with Crippen LogP contribution in [0.15, 0.2) is 58.6 Å². The van der Waals surface area contributed by atoms with Crippen LogP contribution in [-0.2, 0) is 28.9 Å². The molecule has 6 aromatic rings. The van der Waals surface area contributed by atoms with Crippen molar-refractivity contribution in [1.82, 2.24) is 50.3 Å². The van der Waals surface area contributed by atoms with Crippen molar-refractivity contribution >= 4 is 66.7 Å². The van der Waals surface area contributed by atoms with Crippen LogP contribution >= 0.6 is 0 Å². The number of fused-ring (bicyclic) bond motifs is 3. The van der Waals surface area contributed by atoms with E-state index in [4.69, 9.17) is 14.5 Å². The number of sulfone groups is 1. The molecule has 0 saturated carbocycles. The number of nitrogens with one attached hydrogen (secondary N) is 6. The Morgan fingerprint density at radius 2 is 1.30 bits per heavy atom. The van der Waals surface area contributed by atoms with Crippen molar-refractivity contribution in [3.63, 3.8) is 0 Å². The summed E-state index contributed by atoms with van der Waals surface area (Å²) in [6, 6.07) is 9.93. The highest BCUT2D eigenvalue weighted by atomic mass is 32.2. The number of aromatic nitrogens is 6. The molecule has 19 heteroatoms. The number of hydrogen-bond acceptors (Lipinski definition) is 10. The van der Waals surface area contributed by atoms with Gasteiger partial charge in [0, 0.05) is 34.9 Å². The molecule has 2 saturated heterocycles. The Kier molecular flexibility index (Phi) is 11.0. The molecule has 0 bridgehead atoms. The van der Waals surface area contributed by atoms with E-state index in [0.717, 1.165) is 41.6 Å². The number of imidazole rings is 2. The van der Waals surface area contributed by atoms with E-state index in [1.165, 1.54) is 20.3 Å². The highest BCUT2D eigenvalue weighted by Gasteiger charge is 2.39. The van der Waals surface area contributed by atoms with Crippen LogP contribution in [0.3, 0.4) is 0 Å². The van der Waals surface area contributed by atoms with Crippen molar-refractivity contribution < 1.29 is 37.1 Å². The molecule has 0 aliphatic carbocycles. The molecule has 2 aliphatic heterocycles. The minimum Gasteiger partial charge on any atom is -0.453 e. The zero-order valence-corrected chi connectivity index (χ0v) is 35.6. The van der Waals surface area contributed by atoms with Crippen molar-refractivity contribution in [2.75, 3.05) is 27.3 Å². The molecular formula is C42H50N10O8S. The van der Waals surface area contributed by atoms with E-state index in [1.54, 1.807) is 34.2 Å². The van der Waals surface area contributed by atoms with Crippen molar-refractivity contribution in [3.05, 3.63) is 60.3 Å². The third kappa shape index (κ3) is 7.77. The summed E-state index contributed by atoms with van der Waals surface area (Å²) >= 11 is 0. The number of nitrogens with zero attached hydrogens (tertiary/aromatic N) is 4. The van der Waals surface area contributed by atoms with Crippen LogP contribution in [0.5, 0.6) is 0 Å². The van der Waals surface area contributed by atoms with Gasteiger partial charge in [-0.1, -0.05) is 27.7 Å². The number of hydrogen-bond donors (Lipinski definition) is 6. The van der Waals surface area contributed by atoms with Crippen LogP contribution in [0, 0.1) is 11.8 Å². The molecule has 2 aromatic carbocycles. The highest BCUT2D eigenvalue weighted by molar-refractivity contribution is 7.91. The normalized spacial score (nSPS) is 18.1. The van der Waals surface area contributed by atoms with E-state index in [-0.39, 0.29) is 45.7 Å². The maximum atomic E-state index is 14.1. The zero-order valence-electron chi connectivity index (χ0n) is 34.8. The lowest BCUT2D eigenvalue weighted by Crippen LogP contribution is -2.51. The molecule has 0 radical (unpaired) electrons. The summed E-state index contributed by atoms with van der Waals surface area (Å²) < 4.78 is 37.6. The van der Waals surface area contributed by atoms with Gasteiger partial charge in [0.2, 0.25) is 21.7 Å². The van der Waals surface area contributed by atoms with E-state index < -0.39 is 34.1 Å². The SMILES string of the molecule is COC(=O)NC(C(=O)N1CCCC1c1ncc(-c2cc3cc4cc(S(=O)(=O)c5ccc6nc(C7CCCN7C(=O)C(NC(=O)OC)C(C)C)[nH]c6c5)[nH]c4cc3[nH]2)[nH]1)C(C)C. The molecule has 4 amide bonds. The van der Waals surface area contributed by atoms with E-state index in [9.17, 15) is 27.6 Å². The van der Waals surface area contributed by atoms with Gasteiger partial charge in [-0.25, -0.2) is 28.0 Å². The molecule has 4 aromatic heterocycles. The Labute approximate surface area is 351 Å². The van der Waals surface area contributed by atoms with Crippen molar-refractivity contribution in [2.45, 2.75) is 87.5 Å². The van der Waals surface area contributed by atoms with Crippen LogP contribution in [-0.4, -0.2) is 112 Å². The Hall–Kier alpha value is -6.37. The van der Waals surface area contributed by atoms with Gasteiger partial charge in [-0.2, -0.15) is 0 Å². The Morgan fingerprint density at radius 3 is 1.90 bits per heavy atom.